The van der Waals surface area contributed by atoms with Crippen LogP contribution in [-0.4, -0.2) is 38.6 Å². The predicted octanol–water partition coefficient (Wildman–Crippen LogP) is 2.55. The number of carbonyl (C=O) groups excluding carboxylic acids is 2. The first kappa shape index (κ1) is 19.3. The van der Waals surface area contributed by atoms with Gasteiger partial charge in [0.05, 0.1) is 13.7 Å². The third-order valence-corrected chi connectivity index (χ3v) is 3.75. The molecule has 138 valence electrons. The number of amides is 2. The predicted molar refractivity (Wildman–Crippen MR) is 101 cm³/mol. The van der Waals surface area contributed by atoms with Gasteiger partial charge in [-0.1, -0.05) is 12.1 Å². The Kier molecular flexibility index (Phi) is 7.02. The molecule has 0 bridgehead atoms. The summed E-state index contributed by atoms with van der Waals surface area (Å²) in [5.74, 6) is 1.04. The Hall–Kier alpha value is -3.02. The van der Waals surface area contributed by atoms with E-state index in [4.69, 9.17) is 9.47 Å². The van der Waals surface area contributed by atoms with Crippen molar-refractivity contribution in [1.82, 2.24) is 5.32 Å². The van der Waals surface area contributed by atoms with Gasteiger partial charge in [0.25, 0.3) is 0 Å². The molecule has 6 heteroatoms. The van der Waals surface area contributed by atoms with Crippen LogP contribution in [0.3, 0.4) is 0 Å². The maximum Gasteiger partial charge on any atom is 0.240 e. The first-order valence-electron chi connectivity index (χ1n) is 8.38. The van der Waals surface area contributed by atoms with E-state index in [2.05, 4.69) is 5.32 Å². The van der Waals surface area contributed by atoms with Crippen LogP contribution in [0.1, 0.15) is 12.5 Å². The maximum absolute atomic E-state index is 12.1. The van der Waals surface area contributed by atoms with Crippen LogP contribution < -0.4 is 19.7 Å². The third kappa shape index (κ3) is 5.81. The van der Waals surface area contributed by atoms with Gasteiger partial charge in [0, 0.05) is 12.6 Å². The molecule has 6 nitrogen and oxygen atoms in total. The SMILES string of the molecule is COc1ccc(OCCNC(=O)CN(C(C)=O)c2cccc(C)c2)cc1. The number of anilines is 1. The molecular formula is C20H24N2O4. The van der Waals surface area contributed by atoms with Crippen LogP contribution in [0.25, 0.3) is 0 Å². The van der Waals surface area contributed by atoms with Crippen molar-refractivity contribution in [3.63, 3.8) is 0 Å². The van der Waals surface area contributed by atoms with E-state index >= 15 is 0 Å². The maximum atomic E-state index is 12.1. The summed E-state index contributed by atoms with van der Waals surface area (Å²) in [6.07, 6.45) is 0. The Bertz CT molecular complexity index is 744. The molecule has 0 aliphatic rings. The van der Waals surface area contributed by atoms with E-state index in [1.54, 1.807) is 31.4 Å². The lowest BCUT2D eigenvalue weighted by Gasteiger charge is -2.21. The van der Waals surface area contributed by atoms with Crippen LogP contribution in [-0.2, 0) is 9.59 Å². The molecule has 0 saturated heterocycles. The lowest BCUT2D eigenvalue weighted by Crippen LogP contribution is -2.41. The zero-order valence-electron chi connectivity index (χ0n) is 15.3. The Morgan fingerprint density at radius 1 is 1.08 bits per heavy atom. The summed E-state index contributed by atoms with van der Waals surface area (Å²) in [6.45, 7) is 4.05. The van der Waals surface area contributed by atoms with Crippen LogP contribution >= 0.6 is 0 Å². The molecule has 2 rings (SSSR count). The molecule has 0 unspecified atom stereocenters. The van der Waals surface area contributed by atoms with E-state index in [9.17, 15) is 9.59 Å². The molecule has 2 amide bonds. The Morgan fingerprint density at radius 3 is 2.38 bits per heavy atom. The first-order valence-corrected chi connectivity index (χ1v) is 8.38. The van der Waals surface area contributed by atoms with Crippen molar-refractivity contribution in [1.29, 1.82) is 0 Å². The van der Waals surface area contributed by atoms with E-state index < -0.39 is 0 Å². The highest BCUT2D eigenvalue weighted by Crippen LogP contribution is 2.17. The van der Waals surface area contributed by atoms with Crippen molar-refractivity contribution in [2.24, 2.45) is 0 Å². The molecule has 0 atom stereocenters. The van der Waals surface area contributed by atoms with Crippen LogP contribution in [0.4, 0.5) is 5.69 Å². The molecule has 0 aromatic heterocycles. The summed E-state index contributed by atoms with van der Waals surface area (Å²) in [7, 11) is 1.60. The number of rotatable bonds is 8. The number of nitrogens with zero attached hydrogens (tertiary/aromatic N) is 1. The normalized spacial score (nSPS) is 10.1. The van der Waals surface area contributed by atoms with Gasteiger partial charge in [-0.2, -0.15) is 0 Å². The number of hydrogen-bond donors (Lipinski definition) is 1. The van der Waals surface area contributed by atoms with Gasteiger partial charge in [0.2, 0.25) is 11.8 Å². The molecule has 26 heavy (non-hydrogen) atoms. The van der Waals surface area contributed by atoms with Crippen molar-refractivity contribution < 1.29 is 19.1 Å². The van der Waals surface area contributed by atoms with Gasteiger partial charge in [-0.25, -0.2) is 0 Å². The zero-order chi connectivity index (χ0) is 18.9. The quantitative estimate of drug-likeness (QED) is 0.738. The average Bonchev–Trinajstić information content (AvgIpc) is 2.63. The molecule has 0 aliphatic heterocycles. The van der Waals surface area contributed by atoms with E-state index in [0.717, 1.165) is 11.3 Å². The Labute approximate surface area is 153 Å². The van der Waals surface area contributed by atoms with E-state index in [1.807, 2.05) is 31.2 Å². The van der Waals surface area contributed by atoms with Crippen molar-refractivity contribution in [2.75, 3.05) is 31.7 Å². The minimum Gasteiger partial charge on any atom is -0.497 e. The number of nitrogens with one attached hydrogen (secondary N) is 1. The highest BCUT2D eigenvalue weighted by Gasteiger charge is 2.15. The molecule has 0 radical (unpaired) electrons. The van der Waals surface area contributed by atoms with Crippen LogP contribution in [0.15, 0.2) is 48.5 Å². The molecule has 0 aliphatic carbocycles. The Morgan fingerprint density at radius 2 is 1.77 bits per heavy atom. The number of methoxy groups -OCH3 is 1. The fourth-order valence-corrected chi connectivity index (χ4v) is 2.41. The van der Waals surface area contributed by atoms with Crippen molar-refractivity contribution in [3.05, 3.63) is 54.1 Å². The van der Waals surface area contributed by atoms with Crippen LogP contribution in [0.5, 0.6) is 11.5 Å². The van der Waals surface area contributed by atoms with Gasteiger partial charge in [-0.05, 0) is 48.9 Å². The topological polar surface area (TPSA) is 67.9 Å². The van der Waals surface area contributed by atoms with Crippen LogP contribution in [0.2, 0.25) is 0 Å². The van der Waals surface area contributed by atoms with Gasteiger partial charge in [-0.3, -0.25) is 9.59 Å². The first-order chi connectivity index (χ1) is 12.5. The highest BCUT2D eigenvalue weighted by atomic mass is 16.5. The summed E-state index contributed by atoms with van der Waals surface area (Å²) in [6, 6.07) is 14.7. The summed E-state index contributed by atoms with van der Waals surface area (Å²) >= 11 is 0. The molecule has 0 heterocycles. The molecule has 2 aromatic carbocycles. The van der Waals surface area contributed by atoms with Crippen molar-refractivity contribution in [2.45, 2.75) is 13.8 Å². The number of hydrogen-bond acceptors (Lipinski definition) is 4. The van der Waals surface area contributed by atoms with Gasteiger partial charge in [0.1, 0.15) is 24.7 Å². The standard InChI is InChI=1S/C20H24N2O4/c1-15-5-4-6-17(13-15)22(16(2)23)14-20(24)21-11-12-26-19-9-7-18(25-3)8-10-19/h4-10,13H,11-12,14H2,1-3H3,(H,21,24). The largest absolute Gasteiger partial charge is 0.497 e. The second kappa shape index (κ2) is 9.46. The summed E-state index contributed by atoms with van der Waals surface area (Å²) < 4.78 is 10.6. The molecule has 0 saturated carbocycles. The van der Waals surface area contributed by atoms with Gasteiger partial charge < -0.3 is 19.7 Å². The van der Waals surface area contributed by atoms with Gasteiger partial charge in [-0.15, -0.1) is 0 Å². The third-order valence-electron chi connectivity index (χ3n) is 3.75. The fraction of sp³-hybridized carbons (Fsp3) is 0.300. The summed E-state index contributed by atoms with van der Waals surface area (Å²) in [5.41, 5.74) is 1.74. The average molecular weight is 356 g/mol. The number of carbonyl (C=O) groups is 2. The fourth-order valence-electron chi connectivity index (χ4n) is 2.41. The lowest BCUT2D eigenvalue weighted by molar-refractivity contribution is -0.123. The second-order valence-corrected chi connectivity index (χ2v) is 5.82. The summed E-state index contributed by atoms with van der Waals surface area (Å²) in [5, 5.41) is 2.76. The zero-order valence-corrected chi connectivity index (χ0v) is 15.3. The van der Waals surface area contributed by atoms with Crippen LogP contribution in [0, 0.1) is 6.92 Å². The summed E-state index contributed by atoms with van der Waals surface area (Å²) in [4.78, 5) is 25.5. The van der Waals surface area contributed by atoms with Gasteiger partial charge in [0.15, 0.2) is 0 Å². The van der Waals surface area contributed by atoms with Crippen molar-refractivity contribution in [3.8, 4) is 11.5 Å². The van der Waals surface area contributed by atoms with E-state index in [0.29, 0.717) is 24.6 Å². The minimum atomic E-state index is -0.236. The molecule has 2 aromatic rings. The second-order valence-electron chi connectivity index (χ2n) is 5.82. The molecular weight excluding hydrogens is 332 g/mol. The monoisotopic (exact) mass is 356 g/mol. The number of ether oxygens (including phenoxy) is 2. The molecule has 0 fully saturated rings. The van der Waals surface area contributed by atoms with E-state index in [1.165, 1.54) is 11.8 Å². The molecule has 1 N–H and O–H groups in total. The number of aryl methyl sites for hydroxylation is 1. The number of benzene rings is 2. The van der Waals surface area contributed by atoms with Crippen molar-refractivity contribution >= 4 is 17.5 Å². The van der Waals surface area contributed by atoms with E-state index in [-0.39, 0.29) is 18.4 Å². The molecule has 0 spiro atoms. The Balaban J connectivity index is 1.80. The minimum absolute atomic E-state index is 0.0265. The smallest absolute Gasteiger partial charge is 0.240 e. The highest BCUT2D eigenvalue weighted by molar-refractivity contribution is 5.97. The lowest BCUT2D eigenvalue weighted by atomic mass is 10.2. The van der Waals surface area contributed by atoms with Gasteiger partial charge >= 0.3 is 0 Å².